The number of ketones is 1. The van der Waals surface area contributed by atoms with Gasteiger partial charge in [0.05, 0.1) is 6.61 Å². The quantitative estimate of drug-likeness (QED) is 0.691. The van der Waals surface area contributed by atoms with Crippen molar-refractivity contribution in [3.05, 3.63) is 58.1 Å². The Bertz CT molecular complexity index is 611. The Hall–Kier alpha value is -1.81. The molecular formula is C15H14BrNO2. The van der Waals surface area contributed by atoms with Crippen LogP contribution in [0, 0.1) is 0 Å². The van der Waals surface area contributed by atoms with Gasteiger partial charge in [0.2, 0.25) is 0 Å². The van der Waals surface area contributed by atoms with Crippen LogP contribution in [0.25, 0.3) is 0 Å². The highest BCUT2D eigenvalue weighted by molar-refractivity contribution is 9.10. The molecule has 0 radical (unpaired) electrons. The number of hydrogen-bond donors (Lipinski definition) is 1. The molecule has 2 rings (SSSR count). The highest BCUT2D eigenvalue weighted by atomic mass is 79.9. The largest absolute Gasteiger partial charge is 0.494 e. The van der Waals surface area contributed by atoms with Gasteiger partial charge in [-0.3, -0.25) is 4.79 Å². The second-order valence-electron chi connectivity index (χ2n) is 4.03. The summed E-state index contributed by atoms with van der Waals surface area (Å²) in [5.74, 6) is 0.644. The molecule has 0 saturated heterocycles. The van der Waals surface area contributed by atoms with Gasteiger partial charge in [-0.25, -0.2) is 0 Å². The van der Waals surface area contributed by atoms with Crippen LogP contribution in [0.15, 0.2) is 46.9 Å². The molecule has 0 aromatic heterocycles. The van der Waals surface area contributed by atoms with Gasteiger partial charge >= 0.3 is 0 Å². The third-order valence-corrected chi connectivity index (χ3v) is 3.36. The number of carbonyl (C=O) groups is 1. The van der Waals surface area contributed by atoms with E-state index in [1.54, 1.807) is 30.3 Å². The van der Waals surface area contributed by atoms with Crippen molar-refractivity contribution in [1.82, 2.24) is 0 Å². The number of hydrogen-bond acceptors (Lipinski definition) is 3. The fraction of sp³-hybridized carbons (Fsp3) is 0.133. The Morgan fingerprint density at radius 2 is 1.95 bits per heavy atom. The molecule has 2 N–H and O–H groups in total. The molecule has 0 aliphatic heterocycles. The van der Waals surface area contributed by atoms with Crippen molar-refractivity contribution in [2.24, 2.45) is 0 Å². The zero-order valence-electron chi connectivity index (χ0n) is 10.5. The van der Waals surface area contributed by atoms with Crippen LogP contribution >= 0.6 is 15.9 Å². The molecule has 0 heterocycles. The average Bonchev–Trinajstić information content (AvgIpc) is 2.42. The molecular weight excluding hydrogens is 306 g/mol. The predicted molar refractivity (Wildman–Crippen MR) is 79.6 cm³/mol. The minimum atomic E-state index is -0.0535. The maximum absolute atomic E-state index is 12.3. The molecule has 2 aromatic rings. The number of nitrogen functional groups attached to an aromatic ring is 1. The monoisotopic (exact) mass is 319 g/mol. The van der Waals surface area contributed by atoms with Crippen LogP contribution in [0.1, 0.15) is 22.8 Å². The SMILES string of the molecule is CCOc1cccc(C(=O)c2ccc(N)c(Br)c2)c1. The van der Waals surface area contributed by atoms with Gasteiger partial charge in [-0.15, -0.1) is 0 Å². The first-order valence-corrected chi connectivity index (χ1v) is 6.73. The zero-order valence-corrected chi connectivity index (χ0v) is 12.1. The van der Waals surface area contributed by atoms with Crippen LogP contribution in [-0.2, 0) is 0 Å². The standard InChI is InChI=1S/C15H14BrNO2/c1-2-19-12-5-3-4-10(8-12)15(18)11-6-7-14(17)13(16)9-11/h3-9H,2,17H2,1H3. The van der Waals surface area contributed by atoms with E-state index in [9.17, 15) is 4.79 Å². The summed E-state index contributed by atoms with van der Waals surface area (Å²) < 4.78 is 6.12. The molecule has 19 heavy (non-hydrogen) atoms. The summed E-state index contributed by atoms with van der Waals surface area (Å²) in [5, 5.41) is 0. The van der Waals surface area contributed by atoms with Gasteiger partial charge in [0.15, 0.2) is 5.78 Å². The Balaban J connectivity index is 2.32. The maximum Gasteiger partial charge on any atom is 0.193 e. The summed E-state index contributed by atoms with van der Waals surface area (Å²) >= 11 is 3.32. The summed E-state index contributed by atoms with van der Waals surface area (Å²) in [5.41, 5.74) is 7.52. The van der Waals surface area contributed by atoms with E-state index >= 15 is 0 Å². The van der Waals surface area contributed by atoms with Crippen molar-refractivity contribution >= 4 is 27.4 Å². The van der Waals surface area contributed by atoms with Crippen LogP contribution in [0.2, 0.25) is 0 Å². The number of anilines is 1. The molecule has 0 aliphatic carbocycles. The molecule has 0 bridgehead atoms. The van der Waals surface area contributed by atoms with Crippen molar-refractivity contribution in [1.29, 1.82) is 0 Å². The molecule has 0 saturated carbocycles. The fourth-order valence-electron chi connectivity index (χ4n) is 1.73. The Labute approximate surface area is 120 Å². The number of carbonyl (C=O) groups excluding carboxylic acids is 1. The Morgan fingerprint density at radius 3 is 2.63 bits per heavy atom. The van der Waals surface area contributed by atoms with Gasteiger partial charge in [0.1, 0.15) is 5.75 Å². The molecule has 0 spiro atoms. The molecule has 0 amide bonds. The third kappa shape index (κ3) is 3.15. The van der Waals surface area contributed by atoms with E-state index in [0.717, 1.165) is 4.47 Å². The highest BCUT2D eigenvalue weighted by Gasteiger charge is 2.11. The number of halogens is 1. The summed E-state index contributed by atoms with van der Waals surface area (Å²) in [6.07, 6.45) is 0. The minimum Gasteiger partial charge on any atom is -0.494 e. The van der Waals surface area contributed by atoms with E-state index in [1.165, 1.54) is 0 Å². The van der Waals surface area contributed by atoms with Crippen molar-refractivity contribution in [2.75, 3.05) is 12.3 Å². The Morgan fingerprint density at radius 1 is 1.21 bits per heavy atom. The Kier molecular flexibility index (Phi) is 4.22. The molecule has 0 fully saturated rings. The number of ether oxygens (including phenoxy) is 1. The molecule has 4 heteroatoms. The van der Waals surface area contributed by atoms with Crippen molar-refractivity contribution in [2.45, 2.75) is 6.92 Å². The lowest BCUT2D eigenvalue weighted by Gasteiger charge is -2.06. The number of nitrogens with two attached hydrogens (primary N) is 1. The summed E-state index contributed by atoms with van der Waals surface area (Å²) in [7, 11) is 0. The summed E-state index contributed by atoms with van der Waals surface area (Å²) in [6, 6.07) is 12.3. The molecule has 0 unspecified atom stereocenters. The molecule has 98 valence electrons. The van der Waals surface area contributed by atoms with Gasteiger partial charge in [0, 0.05) is 21.3 Å². The first-order valence-electron chi connectivity index (χ1n) is 5.94. The van der Waals surface area contributed by atoms with E-state index in [2.05, 4.69) is 15.9 Å². The van der Waals surface area contributed by atoms with Crippen molar-refractivity contribution in [3.8, 4) is 5.75 Å². The smallest absolute Gasteiger partial charge is 0.193 e. The fourth-order valence-corrected chi connectivity index (χ4v) is 2.11. The third-order valence-electron chi connectivity index (χ3n) is 2.67. The van der Waals surface area contributed by atoms with E-state index in [1.807, 2.05) is 19.1 Å². The minimum absolute atomic E-state index is 0.0535. The molecule has 3 nitrogen and oxygen atoms in total. The van der Waals surface area contributed by atoms with Gasteiger partial charge in [0.25, 0.3) is 0 Å². The number of rotatable bonds is 4. The van der Waals surface area contributed by atoms with Crippen molar-refractivity contribution < 1.29 is 9.53 Å². The number of benzene rings is 2. The van der Waals surface area contributed by atoms with Crippen LogP contribution in [0.4, 0.5) is 5.69 Å². The summed E-state index contributed by atoms with van der Waals surface area (Å²) in [4.78, 5) is 12.3. The normalized spacial score (nSPS) is 10.2. The van der Waals surface area contributed by atoms with Crippen LogP contribution in [0.3, 0.4) is 0 Å². The lowest BCUT2D eigenvalue weighted by Crippen LogP contribution is -2.03. The maximum atomic E-state index is 12.3. The van der Waals surface area contributed by atoms with Crippen LogP contribution < -0.4 is 10.5 Å². The van der Waals surface area contributed by atoms with Gasteiger partial charge in [-0.2, -0.15) is 0 Å². The topological polar surface area (TPSA) is 52.3 Å². The average molecular weight is 320 g/mol. The van der Waals surface area contributed by atoms with Gasteiger partial charge in [-0.05, 0) is 53.2 Å². The van der Waals surface area contributed by atoms with E-state index < -0.39 is 0 Å². The lowest BCUT2D eigenvalue weighted by atomic mass is 10.0. The first kappa shape index (κ1) is 13.6. The molecule has 0 aliphatic rings. The molecule has 2 aromatic carbocycles. The van der Waals surface area contributed by atoms with E-state index in [-0.39, 0.29) is 5.78 Å². The second-order valence-corrected chi connectivity index (χ2v) is 4.88. The van der Waals surface area contributed by atoms with Crippen LogP contribution in [0.5, 0.6) is 5.75 Å². The first-order chi connectivity index (χ1) is 9.11. The van der Waals surface area contributed by atoms with Gasteiger partial charge < -0.3 is 10.5 Å². The lowest BCUT2D eigenvalue weighted by molar-refractivity contribution is 0.103. The van der Waals surface area contributed by atoms with Crippen LogP contribution in [-0.4, -0.2) is 12.4 Å². The van der Waals surface area contributed by atoms with Crippen molar-refractivity contribution in [3.63, 3.8) is 0 Å². The predicted octanol–water partition coefficient (Wildman–Crippen LogP) is 3.66. The van der Waals surface area contributed by atoms with E-state index in [4.69, 9.17) is 10.5 Å². The zero-order chi connectivity index (χ0) is 13.8. The molecule has 0 atom stereocenters. The summed E-state index contributed by atoms with van der Waals surface area (Å²) in [6.45, 7) is 2.48. The van der Waals surface area contributed by atoms with E-state index in [0.29, 0.717) is 29.2 Å². The van der Waals surface area contributed by atoms with Gasteiger partial charge in [-0.1, -0.05) is 12.1 Å². The second kappa shape index (κ2) is 5.89. The highest BCUT2D eigenvalue weighted by Crippen LogP contribution is 2.23.